The quantitative estimate of drug-likeness (QED) is 0.443. The van der Waals surface area contributed by atoms with Gasteiger partial charge in [-0.15, -0.1) is 0 Å². The van der Waals surface area contributed by atoms with Gasteiger partial charge < -0.3 is 15.2 Å². The molecule has 2 N–H and O–H groups in total. The molecule has 0 spiro atoms. The molecule has 1 atom stereocenters. The van der Waals surface area contributed by atoms with Crippen molar-refractivity contribution in [3.63, 3.8) is 0 Å². The van der Waals surface area contributed by atoms with Gasteiger partial charge in [-0.1, -0.05) is 25.4 Å². The number of hydrogen-bond donors (Lipinski definition) is 2. The molecule has 3 heterocycles. The van der Waals surface area contributed by atoms with Gasteiger partial charge in [-0.05, 0) is 25.8 Å². The van der Waals surface area contributed by atoms with Gasteiger partial charge >= 0.3 is 6.18 Å². The highest BCUT2D eigenvalue weighted by atomic mass is 35.5. The van der Waals surface area contributed by atoms with E-state index < -0.39 is 30.5 Å². The summed E-state index contributed by atoms with van der Waals surface area (Å²) in [4.78, 5) is 29.5. The van der Waals surface area contributed by atoms with E-state index in [1.54, 1.807) is 12.3 Å². The summed E-state index contributed by atoms with van der Waals surface area (Å²) in [5, 5.41) is 2.87. The van der Waals surface area contributed by atoms with Crippen LogP contribution in [0.2, 0.25) is 5.02 Å². The maximum absolute atomic E-state index is 15.0. The van der Waals surface area contributed by atoms with E-state index in [-0.39, 0.29) is 17.7 Å². The maximum atomic E-state index is 15.0. The zero-order valence-corrected chi connectivity index (χ0v) is 18.9. The average molecular weight is 487 g/mol. The van der Waals surface area contributed by atoms with Gasteiger partial charge in [-0.2, -0.15) is 13.2 Å². The number of amides is 1. The van der Waals surface area contributed by atoms with Crippen LogP contribution in [-0.2, 0) is 4.79 Å². The van der Waals surface area contributed by atoms with Crippen LogP contribution < -0.4 is 10.2 Å². The van der Waals surface area contributed by atoms with E-state index in [9.17, 15) is 22.4 Å². The molecule has 0 saturated heterocycles. The van der Waals surface area contributed by atoms with Crippen LogP contribution >= 0.6 is 11.6 Å². The number of H-pyrrole nitrogens is 1. The fraction of sp³-hybridized carbons (Fsp3) is 0.429. The van der Waals surface area contributed by atoms with Gasteiger partial charge in [0.2, 0.25) is 5.91 Å². The fourth-order valence-electron chi connectivity index (χ4n) is 3.65. The minimum atomic E-state index is -4.56. The highest BCUT2D eigenvalue weighted by Gasteiger charge is 2.33. The molecule has 1 amide bonds. The molecule has 0 fully saturated rings. The first-order valence-electron chi connectivity index (χ1n) is 10.3. The van der Waals surface area contributed by atoms with Gasteiger partial charge in [0, 0.05) is 29.4 Å². The number of hydrogen-bond acceptors (Lipinski definition) is 5. The summed E-state index contributed by atoms with van der Waals surface area (Å²) in [5.41, 5.74) is 1.04. The van der Waals surface area contributed by atoms with Crippen LogP contribution in [0, 0.1) is 5.82 Å². The molecule has 0 aliphatic heterocycles. The number of halogens is 5. The lowest BCUT2D eigenvalue weighted by molar-refractivity contribution is -0.139. The first-order valence-corrected chi connectivity index (χ1v) is 10.7. The minimum Gasteiger partial charge on any atom is -0.345 e. The second kappa shape index (κ2) is 9.90. The molecular weight excluding hydrogens is 464 g/mol. The number of carbonyl (C=O) groups is 1. The zero-order valence-electron chi connectivity index (χ0n) is 18.2. The first-order chi connectivity index (χ1) is 15.6. The van der Waals surface area contributed by atoms with Gasteiger partial charge in [0.25, 0.3) is 0 Å². The van der Waals surface area contributed by atoms with Crippen LogP contribution in [-0.4, -0.2) is 50.6 Å². The third kappa shape index (κ3) is 5.52. The van der Waals surface area contributed by atoms with Crippen LogP contribution in [0.3, 0.4) is 0 Å². The number of rotatable bonds is 8. The van der Waals surface area contributed by atoms with Crippen molar-refractivity contribution in [2.75, 3.05) is 11.4 Å². The van der Waals surface area contributed by atoms with Crippen molar-refractivity contribution in [3.8, 4) is 11.4 Å². The van der Waals surface area contributed by atoms with Gasteiger partial charge in [0.15, 0.2) is 17.5 Å². The monoisotopic (exact) mass is 486 g/mol. The van der Waals surface area contributed by atoms with Gasteiger partial charge in [0.1, 0.15) is 18.2 Å². The highest BCUT2D eigenvalue weighted by Crippen LogP contribution is 2.31. The molecule has 0 aliphatic rings. The van der Waals surface area contributed by atoms with Crippen molar-refractivity contribution in [1.29, 1.82) is 0 Å². The molecule has 3 rings (SSSR count). The Balaban J connectivity index is 2.05. The number of alkyl halides is 3. The predicted molar refractivity (Wildman–Crippen MR) is 117 cm³/mol. The number of pyridine rings is 1. The van der Waals surface area contributed by atoms with Crippen molar-refractivity contribution in [3.05, 3.63) is 35.5 Å². The SMILES string of the molecule is CCC(CC)N(c1nc(-c2c[nH]c3ncc(Cl)cc23)ncc1F)[C@H](C)C(=O)NCC(F)(F)F. The van der Waals surface area contributed by atoms with Crippen LogP contribution in [0.25, 0.3) is 22.4 Å². The van der Waals surface area contributed by atoms with E-state index in [1.165, 1.54) is 18.0 Å². The summed E-state index contributed by atoms with van der Waals surface area (Å²) >= 11 is 6.05. The molecule has 3 aromatic heterocycles. The van der Waals surface area contributed by atoms with E-state index in [2.05, 4.69) is 19.9 Å². The largest absolute Gasteiger partial charge is 0.405 e. The molecule has 0 bridgehead atoms. The number of fused-ring (bicyclic) bond motifs is 1. The van der Waals surface area contributed by atoms with E-state index >= 15 is 0 Å². The number of nitrogens with zero attached hydrogens (tertiary/aromatic N) is 4. The molecule has 12 heteroatoms. The molecule has 0 unspecified atom stereocenters. The number of carbonyl (C=O) groups excluding carboxylic acids is 1. The predicted octanol–water partition coefficient (Wildman–Crippen LogP) is 4.87. The number of aromatic nitrogens is 4. The Morgan fingerprint density at radius 3 is 2.58 bits per heavy atom. The zero-order chi connectivity index (χ0) is 24.3. The lowest BCUT2D eigenvalue weighted by Crippen LogP contribution is -2.52. The van der Waals surface area contributed by atoms with Gasteiger partial charge in [-0.25, -0.2) is 19.3 Å². The average Bonchev–Trinajstić information content (AvgIpc) is 3.18. The number of aromatic amines is 1. The lowest BCUT2D eigenvalue weighted by atomic mass is 10.1. The Bertz CT molecular complexity index is 1130. The normalized spacial score (nSPS) is 12.9. The summed E-state index contributed by atoms with van der Waals surface area (Å²) in [6, 6.07) is 0.190. The Hall–Kier alpha value is -2.95. The number of anilines is 1. The van der Waals surface area contributed by atoms with Crippen molar-refractivity contribution < 1.29 is 22.4 Å². The third-order valence-electron chi connectivity index (χ3n) is 5.30. The Morgan fingerprint density at radius 1 is 1.24 bits per heavy atom. The van der Waals surface area contributed by atoms with E-state index in [1.807, 2.05) is 19.2 Å². The molecule has 33 heavy (non-hydrogen) atoms. The lowest BCUT2D eigenvalue weighted by Gasteiger charge is -2.36. The minimum absolute atomic E-state index is 0.153. The van der Waals surface area contributed by atoms with Crippen LogP contribution in [0.4, 0.5) is 23.4 Å². The summed E-state index contributed by atoms with van der Waals surface area (Å²) in [6.45, 7) is 3.62. The molecule has 0 radical (unpaired) electrons. The summed E-state index contributed by atoms with van der Waals surface area (Å²) in [7, 11) is 0. The van der Waals surface area contributed by atoms with Gasteiger partial charge in [0.05, 0.1) is 11.2 Å². The van der Waals surface area contributed by atoms with E-state index in [0.717, 1.165) is 6.20 Å². The Labute approximate surface area is 192 Å². The maximum Gasteiger partial charge on any atom is 0.405 e. The van der Waals surface area contributed by atoms with Crippen LogP contribution in [0.15, 0.2) is 24.7 Å². The summed E-state index contributed by atoms with van der Waals surface area (Å²) < 4.78 is 52.7. The highest BCUT2D eigenvalue weighted by molar-refractivity contribution is 6.31. The van der Waals surface area contributed by atoms with Crippen molar-refractivity contribution >= 4 is 34.4 Å². The van der Waals surface area contributed by atoms with Crippen molar-refractivity contribution in [2.45, 2.75) is 51.9 Å². The second-order valence-electron chi connectivity index (χ2n) is 7.50. The van der Waals surface area contributed by atoms with Crippen molar-refractivity contribution in [2.24, 2.45) is 0 Å². The third-order valence-corrected chi connectivity index (χ3v) is 5.51. The number of nitrogens with one attached hydrogen (secondary N) is 2. The molecule has 7 nitrogen and oxygen atoms in total. The Kier molecular flexibility index (Phi) is 7.41. The second-order valence-corrected chi connectivity index (χ2v) is 7.94. The molecule has 3 aromatic rings. The Morgan fingerprint density at radius 2 is 1.94 bits per heavy atom. The van der Waals surface area contributed by atoms with E-state index in [4.69, 9.17) is 11.6 Å². The summed E-state index contributed by atoms with van der Waals surface area (Å²) in [5.74, 6) is -1.70. The van der Waals surface area contributed by atoms with Crippen LogP contribution in [0.1, 0.15) is 33.6 Å². The molecule has 0 aliphatic carbocycles. The fourth-order valence-corrected chi connectivity index (χ4v) is 3.81. The van der Waals surface area contributed by atoms with Gasteiger partial charge in [-0.3, -0.25) is 4.79 Å². The molecule has 178 valence electrons. The summed E-state index contributed by atoms with van der Waals surface area (Å²) in [6.07, 6.45) is 0.512. The van der Waals surface area contributed by atoms with Crippen LogP contribution in [0.5, 0.6) is 0 Å². The topological polar surface area (TPSA) is 86.8 Å². The molecular formula is C21H23ClF4N6O. The smallest absolute Gasteiger partial charge is 0.345 e. The standard InChI is InChI=1S/C21H23ClF4N6O/c1-4-13(5-2)32(11(3)20(33)30-10-21(24,25)26)19-16(23)9-29-18(31-19)15-8-28-17-14(15)6-12(22)7-27-17/h6-9,11,13H,4-5,10H2,1-3H3,(H,27,28)(H,30,33)/t11-/m1/s1. The van der Waals surface area contributed by atoms with E-state index in [0.29, 0.717) is 34.5 Å². The first kappa shape index (κ1) is 24.7. The molecule has 0 saturated carbocycles. The molecule has 0 aromatic carbocycles. The van der Waals surface area contributed by atoms with Crippen molar-refractivity contribution in [1.82, 2.24) is 25.3 Å².